The molecule has 0 aliphatic heterocycles. The van der Waals surface area contributed by atoms with Gasteiger partial charge in [0.2, 0.25) is 0 Å². The Kier molecular flexibility index (Phi) is 35.3. The first-order chi connectivity index (χ1) is 32.9. The van der Waals surface area contributed by atoms with Crippen LogP contribution in [-0.2, 0) is 41.8 Å². The lowest BCUT2D eigenvalue weighted by molar-refractivity contribution is -0.216. The highest BCUT2D eigenvalue weighted by Crippen LogP contribution is 2.49. The quantitative estimate of drug-likeness (QED) is 0.0101. The Bertz CT molecular complexity index is 1780. The van der Waals surface area contributed by atoms with E-state index in [1.807, 2.05) is 49.5 Å². The number of carbonyl (C=O) groups excluding carboxylic acids is 2. The first-order valence-corrected chi connectivity index (χ1v) is 26.7. The van der Waals surface area contributed by atoms with E-state index in [0.717, 1.165) is 25.7 Å². The SMILES string of the molecule is CC/C=C\C[C@@H](O)/C=C/C=C\C=C\[C@@H](O)C/C=C\C/C=C\CCC(=O)OC[C@H](COP(=O)(O)O[C@H]1C(O)C(O)C(O)[C@@H](OP(=O)(O)O)C1O)OC(=O)CCCC/C=C\C/C=C\C/C=C\CCCCC. The predicted molar refractivity (Wildman–Crippen MR) is 262 cm³/mol. The van der Waals surface area contributed by atoms with Crippen LogP contribution >= 0.6 is 15.6 Å². The lowest BCUT2D eigenvalue weighted by atomic mass is 9.85. The maximum Gasteiger partial charge on any atom is 0.472 e. The molecule has 0 aromatic rings. The molecular weight excluding hydrogens is 938 g/mol. The normalized spacial score (nSPS) is 23.0. The van der Waals surface area contributed by atoms with Gasteiger partial charge < -0.3 is 54.8 Å². The van der Waals surface area contributed by atoms with Gasteiger partial charge in [-0.1, -0.05) is 136 Å². The van der Waals surface area contributed by atoms with Crippen molar-refractivity contribution in [3.63, 3.8) is 0 Å². The molecule has 20 heteroatoms. The summed E-state index contributed by atoms with van der Waals surface area (Å²) in [5, 5.41) is 61.2. The van der Waals surface area contributed by atoms with Crippen LogP contribution in [0.1, 0.15) is 117 Å². The Morgan fingerprint density at radius 2 is 1.06 bits per heavy atom. The molecule has 0 aromatic carbocycles. The summed E-state index contributed by atoms with van der Waals surface area (Å²) in [5.74, 6) is -1.43. The van der Waals surface area contributed by atoms with Gasteiger partial charge in [0.1, 0.15) is 43.2 Å². The van der Waals surface area contributed by atoms with E-state index in [1.165, 1.54) is 19.3 Å². The number of aliphatic hydroxyl groups excluding tert-OH is 6. The van der Waals surface area contributed by atoms with E-state index in [4.69, 9.17) is 18.5 Å². The molecule has 1 aliphatic carbocycles. The summed E-state index contributed by atoms with van der Waals surface area (Å²) >= 11 is 0. The third-order valence-corrected chi connectivity index (χ3v) is 11.5. The number of aliphatic hydroxyl groups is 6. The van der Waals surface area contributed by atoms with Gasteiger partial charge in [-0.3, -0.25) is 23.2 Å². The second-order valence-corrected chi connectivity index (χ2v) is 18.7. The molecule has 0 saturated heterocycles. The fourth-order valence-electron chi connectivity index (χ4n) is 6.29. The van der Waals surface area contributed by atoms with E-state index in [2.05, 4.69) is 35.8 Å². The van der Waals surface area contributed by atoms with Gasteiger partial charge in [0.15, 0.2) is 6.10 Å². The maximum absolute atomic E-state index is 13.0. The number of phosphoric ester groups is 2. The molecule has 0 bridgehead atoms. The number of rotatable bonds is 37. The van der Waals surface area contributed by atoms with Crippen molar-refractivity contribution >= 4 is 27.6 Å². The molecule has 0 spiro atoms. The Morgan fingerprint density at radius 3 is 1.61 bits per heavy atom. The number of carbonyl (C=O) groups is 2. The maximum atomic E-state index is 13.0. The van der Waals surface area contributed by atoms with E-state index in [0.29, 0.717) is 38.5 Å². The highest BCUT2D eigenvalue weighted by Gasteiger charge is 2.54. The number of hydrogen-bond donors (Lipinski definition) is 9. The minimum absolute atomic E-state index is 0.0496. The summed E-state index contributed by atoms with van der Waals surface area (Å²) in [5.41, 5.74) is 0. The molecule has 5 unspecified atom stereocenters. The van der Waals surface area contributed by atoms with Crippen LogP contribution in [0.4, 0.5) is 0 Å². The van der Waals surface area contributed by atoms with E-state index in [9.17, 15) is 64.0 Å². The highest BCUT2D eigenvalue weighted by atomic mass is 31.2. The van der Waals surface area contributed by atoms with Gasteiger partial charge in [-0.15, -0.1) is 0 Å². The molecule has 0 aromatic heterocycles. The number of allylic oxidation sites excluding steroid dienone is 14. The molecule has 1 saturated carbocycles. The van der Waals surface area contributed by atoms with Crippen molar-refractivity contribution in [2.75, 3.05) is 13.2 Å². The number of ether oxygens (including phenoxy) is 2. The molecule has 10 atom stereocenters. The third-order valence-electron chi connectivity index (χ3n) is 10.0. The van der Waals surface area contributed by atoms with Gasteiger partial charge in [-0.25, -0.2) is 9.13 Å². The van der Waals surface area contributed by atoms with Crippen molar-refractivity contribution in [2.24, 2.45) is 0 Å². The van der Waals surface area contributed by atoms with E-state index >= 15 is 0 Å². The van der Waals surface area contributed by atoms with Crippen molar-refractivity contribution in [2.45, 2.75) is 172 Å². The minimum atomic E-state index is -5.39. The van der Waals surface area contributed by atoms with Crippen molar-refractivity contribution in [3.05, 3.63) is 109 Å². The predicted octanol–water partition coefficient (Wildman–Crippen LogP) is 6.89. The summed E-state index contributed by atoms with van der Waals surface area (Å²) in [6.07, 6.45) is 28.3. The second kappa shape index (κ2) is 38.3. The van der Waals surface area contributed by atoms with Gasteiger partial charge in [0.05, 0.1) is 18.8 Å². The fourth-order valence-corrected chi connectivity index (χ4v) is 7.83. The molecule has 0 amide bonds. The average Bonchev–Trinajstić information content (AvgIpc) is 3.30. The molecule has 0 heterocycles. The molecule has 0 radical (unpaired) electrons. The van der Waals surface area contributed by atoms with Gasteiger partial charge in [0.25, 0.3) is 0 Å². The number of esters is 2. The standard InChI is InChI=1S/C49H78O18P2/c1-3-5-7-8-9-10-11-12-13-14-15-16-17-22-30-36-43(53)65-41(38-64-69(61,62)67-49-46(56)44(54)45(55)48(47(49)57)66-68(58,59)60)37-63-42(52)35-29-21-19-18-20-26-32-40(51)34-28-24-23-27-33-39(50)31-25-6-4-2/h6,9-10,12-13,15-16,19-21,23-28,33-34,39-41,44-51,54-57H,3-5,7-8,11,14,17-18,22,29-32,35-38H2,1-2H3,(H,61,62)(H2,58,59,60)/b10-9-,13-12-,16-15-,21-19-,24-23-,25-6-,26-20-,33-27+,34-28+/t39-,40+,41-,44?,45?,46?,47?,48-,49+/m1/s1. The molecule has 1 rings (SSSR count). The van der Waals surface area contributed by atoms with Crippen molar-refractivity contribution in [3.8, 4) is 0 Å². The zero-order valence-electron chi connectivity index (χ0n) is 39.9. The van der Waals surface area contributed by atoms with Crippen molar-refractivity contribution < 1.29 is 87.1 Å². The summed E-state index contributed by atoms with van der Waals surface area (Å²) < 4.78 is 49.2. The van der Waals surface area contributed by atoms with Gasteiger partial charge in [0, 0.05) is 12.8 Å². The molecule has 18 nitrogen and oxygen atoms in total. The molecule has 69 heavy (non-hydrogen) atoms. The lowest BCUT2D eigenvalue weighted by Crippen LogP contribution is -2.64. The van der Waals surface area contributed by atoms with Crippen LogP contribution < -0.4 is 0 Å². The molecule has 392 valence electrons. The second-order valence-electron chi connectivity index (χ2n) is 16.1. The first-order valence-electron chi connectivity index (χ1n) is 23.6. The monoisotopic (exact) mass is 1020 g/mol. The largest absolute Gasteiger partial charge is 0.472 e. The van der Waals surface area contributed by atoms with Crippen LogP contribution in [-0.4, -0.2) is 125 Å². The van der Waals surface area contributed by atoms with E-state index < -0.39 is 95.7 Å². The molecule has 1 fully saturated rings. The average molecular weight is 1020 g/mol. The summed E-state index contributed by atoms with van der Waals surface area (Å²) in [6, 6.07) is 0. The molecule has 1 aliphatic rings. The zero-order valence-corrected chi connectivity index (χ0v) is 41.7. The number of phosphoric acid groups is 2. The first kappa shape index (κ1) is 63.6. The molecule has 9 N–H and O–H groups in total. The van der Waals surface area contributed by atoms with Crippen LogP contribution in [0.2, 0.25) is 0 Å². The molecular formula is C49H78O18P2. The van der Waals surface area contributed by atoms with Gasteiger partial charge in [-0.2, -0.15) is 0 Å². The summed E-state index contributed by atoms with van der Waals surface area (Å²) in [6.45, 7) is 2.69. The third kappa shape index (κ3) is 33.0. The topological polar surface area (TPSA) is 296 Å². The Balaban J connectivity index is 2.72. The summed E-state index contributed by atoms with van der Waals surface area (Å²) in [7, 11) is -10.8. The Labute approximate surface area is 407 Å². The highest BCUT2D eigenvalue weighted by molar-refractivity contribution is 7.47. The zero-order chi connectivity index (χ0) is 51.3. The number of unbranched alkanes of at least 4 members (excludes halogenated alkanes) is 5. The lowest BCUT2D eigenvalue weighted by Gasteiger charge is -2.43. The fraction of sp³-hybridized carbons (Fsp3) is 0.592. The van der Waals surface area contributed by atoms with E-state index in [-0.39, 0.29) is 19.3 Å². The van der Waals surface area contributed by atoms with Gasteiger partial charge in [-0.05, 0) is 77.0 Å². The van der Waals surface area contributed by atoms with Crippen LogP contribution in [0.3, 0.4) is 0 Å². The summed E-state index contributed by atoms with van der Waals surface area (Å²) in [4.78, 5) is 54.2. The van der Waals surface area contributed by atoms with Crippen molar-refractivity contribution in [1.29, 1.82) is 0 Å². The Morgan fingerprint density at radius 1 is 0.551 bits per heavy atom. The smallest absolute Gasteiger partial charge is 0.462 e. The Hall–Kier alpha value is -3.42. The number of hydrogen-bond acceptors (Lipinski definition) is 15. The minimum Gasteiger partial charge on any atom is -0.462 e. The van der Waals surface area contributed by atoms with Crippen molar-refractivity contribution in [1.82, 2.24) is 0 Å². The van der Waals surface area contributed by atoms with Gasteiger partial charge >= 0.3 is 27.6 Å². The van der Waals surface area contributed by atoms with E-state index in [1.54, 1.807) is 42.5 Å². The van der Waals surface area contributed by atoms with Crippen LogP contribution in [0.25, 0.3) is 0 Å². The van der Waals surface area contributed by atoms with Crippen LogP contribution in [0.5, 0.6) is 0 Å². The van der Waals surface area contributed by atoms with Crippen LogP contribution in [0, 0.1) is 0 Å². The van der Waals surface area contributed by atoms with Crippen LogP contribution in [0.15, 0.2) is 109 Å².